The molecule has 6 heteroatoms. The van der Waals surface area contributed by atoms with Crippen LogP contribution in [0.3, 0.4) is 0 Å². The average molecular weight is 443 g/mol. The third kappa shape index (κ3) is 5.41. The number of amides is 1. The number of ether oxygens (including phenoxy) is 2. The van der Waals surface area contributed by atoms with E-state index >= 15 is 0 Å². The lowest BCUT2D eigenvalue weighted by molar-refractivity contribution is -0.123. The maximum absolute atomic E-state index is 14.5. The minimum absolute atomic E-state index is 0.0466. The molecule has 0 bridgehead atoms. The van der Waals surface area contributed by atoms with E-state index in [4.69, 9.17) is 9.47 Å². The Morgan fingerprint density at radius 3 is 2.50 bits per heavy atom. The Morgan fingerprint density at radius 1 is 1.19 bits per heavy atom. The lowest BCUT2D eigenvalue weighted by Crippen LogP contribution is -2.48. The first-order valence-corrected chi connectivity index (χ1v) is 11.4. The zero-order chi connectivity index (χ0) is 23.3. The summed E-state index contributed by atoms with van der Waals surface area (Å²) in [4.78, 5) is 15.0. The number of carbonyl (C=O) groups excluding carboxylic acids is 1. The molecule has 0 fully saturated rings. The molecular formula is C26H35FN2O3. The molecule has 1 aliphatic rings. The Kier molecular flexibility index (Phi) is 8.13. The second-order valence-corrected chi connectivity index (χ2v) is 8.84. The van der Waals surface area contributed by atoms with Gasteiger partial charge < -0.3 is 14.8 Å². The highest BCUT2D eigenvalue weighted by Crippen LogP contribution is 2.40. The van der Waals surface area contributed by atoms with Gasteiger partial charge in [0.2, 0.25) is 5.91 Å². The number of rotatable bonds is 9. The van der Waals surface area contributed by atoms with Crippen LogP contribution in [0.5, 0.6) is 11.5 Å². The topological polar surface area (TPSA) is 50.8 Å². The van der Waals surface area contributed by atoms with Gasteiger partial charge in [0.05, 0.1) is 20.3 Å². The van der Waals surface area contributed by atoms with Crippen molar-refractivity contribution in [3.8, 4) is 11.5 Å². The first-order valence-electron chi connectivity index (χ1n) is 11.4. The number of nitrogens with one attached hydrogen (secondary N) is 1. The molecule has 2 aromatic rings. The summed E-state index contributed by atoms with van der Waals surface area (Å²) in [6.07, 6.45) is 2.06. The summed E-state index contributed by atoms with van der Waals surface area (Å²) in [6.45, 7) is 7.40. The third-order valence-corrected chi connectivity index (χ3v) is 6.12. The number of carbonyl (C=O) groups is 1. The van der Waals surface area contributed by atoms with E-state index in [1.165, 1.54) is 11.6 Å². The molecule has 1 aliphatic heterocycles. The van der Waals surface area contributed by atoms with Crippen LogP contribution >= 0.6 is 0 Å². The van der Waals surface area contributed by atoms with E-state index in [2.05, 4.69) is 17.1 Å². The summed E-state index contributed by atoms with van der Waals surface area (Å²) >= 11 is 0. The Bertz CT molecular complexity index is 931. The van der Waals surface area contributed by atoms with Gasteiger partial charge in [0.25, 0.3) is 0 Å². The molecule has 0 aromatic heterocycles. The lowest BCUT2D eigenvalue weighted by Gasteiger charge is -2.42. The standard InChI is InChI=1S/C26H35FN2O3/c1-6-22(28-25(30)13-17(2)3)26-20-15-24(32-5)23(31-4)14-18(20)11-12-29(26)16-19-9-7-8-10-21(19)27/h7-10,14-15,17,22,26H,6,11-13,16H2,1-5H3,(H,28,30). The van der Waals surface area contributed by atoms with Crippen molar-refractivity contribution in [3.05, 3.63) is 58.9 Å². The van der Waals surface area contributed by atoms with Crippen molar-refractivity contribution in [1.82, 2.24) is 10.2 Å². The van der Waals surface area contributed by atoms with Gasteiger partial charge in [-0.15, -0.1) is 0 Å². The number of methoxy groups -OCH3 is 2. The molecule has 1 heterocycles. The zero-order valence-electron chi connectivity index (χ0n) is 19.8. The van der Waals surface area contributed by atoms with Gasteiger partial charge in [0, 0.05) is 31.1 Å². The average Bonchev–Trinajstić information content (AvgIpc) is 2.77. The normalized spacial score (nSPS) is 17.0. The predicted molar refractivity (Wildman–Crippen MR) is 124 cm³/mol. The number of halogens is 1. The maximum Gasteiger partial charge on any atom is 0.220 e. The summed E-state index contributed by atoms with van der Waals surface area (Å²) in [5.41, 5.74) is 2.93. The molecule has 0 aliphatic carbocycles. The smallest absolute Gasteiger partial charge is 0.220 e. The van der Waals surface area contributed by atoms with Gasteiger partial charge in [-0.2, -0.15) is 0 Å². The monoisotopic (exact) mass is 442 g/mol. The van der Waals surface area contributed by atoms with Crippen LogP contribution in [0, 0.1) is 11.7 Å². The fourth-order valence-electron chi connectivity index (χ4n) is 4.56. The fourth-order valence-corrected chi connectivity index (χ4v) is 4.56. The largest absolute Gasteiger partial charge is 0.493 e. The van der Waals surface area contributed by atoms with Crippen LogP contribution in [0.4, 0.5) is 4.39 Å². The van der Waals surface area contributed by atoms with Gasteiger partial charge in [-0.3, -0.25) is 9.69 Å². The van der Waals surface area contributed by atoms with Gasteiger partial charge in [0.1, 0.15) is 5.82 Å². The van der Waals surface area contributed by atoms with Crippen LogP contribution in [0.2, 0.25) is 0 Å². The molecule has 32 heavy (non-hydrogen) atoms. The molecule has 174 valence electrons. The van der Waals surface area contributed by atoms with E-state index in [9.17, 15) is 9.18 Å². The molecule has 3 rings (SSSR count). The van der Waals surface area contributed by atoms with Crippen molar-refractivity contribution in [3.63, 3.8) is 0 Å². The van der Waals surface area contributed by atoms with Gasteiger partial charge in [-0.25, -0.2) is 4.39 Å². The summed E-state index contributed by atoms with van der Waals surface area (Å²) in [5.74, 6) is 1.48. The highest BCUT2D eigenvalue weighted by molar-refractivity contribution is 5.76. The molecule has 2 aromatic carbocycles. The second-order valence-electron chi connectivity index (χ2n) is 8.84. The molecule has 0 radical (unpaired) electrons. The van der Waals surface area contributed by atoms with Gasteiger partial charge >= 0.3 is 0 Å². The minimum atomic E-state index is -0.207. The molecule has 0 saturated carbocycles. The number of nitrogens with zero attached hydrogens (tertiary/aromatic N) is 1. The third-order valence-electron chi connectivity index (χ3n) is 6.12. The van der Waals surface area contributed by atoms with Gasteiger partial charge in [-0.05, 0) is 48.1 Å². The van der Waals surface area contributed by atoms with E-state index in [1.807, 2.05) is 38.1 Å². The summed E-state index contributed by atoms with van der Waals surface area (Å²) in [5, 5.41) is 3.26. The summed E-state index contributed by atoms with van der Waals surface area (Å²) < 4.78 is 25.6. The van der Waals surface area contributed by atoms with Gasteiger partial charge in [0.15, 0.2) is 11.5 Å². The second kappa shape index (κ2) is 10.8. The zero-order valence-corrected chi connectivity index (χ0v) is 19.8. The predicted octanol–water partition coefficient (Wildman–Crippen LogP) is 4.88. The number of benzene rings is 2. The van der Waals surface area contributed by atoms with Crippen molar-refractivity contribution in [2.75, 3.05) is 20.8 Å². The van der Waals surface area contributed by atoms with E-state index in [0.29, 0.717) is 30.0 Å². The van der Waals surface area contributed by atoms with Crippen molar-refractivity contribution < 1.29 is 18.7 Å². The molecule has 1 amide bonds. The van der Waals surface area contributed by atoms with Crippen molar-refractivity contribution in [1.29, 1.82) is 0 Å². The van der Waals surface area contributed by atoms with Crippen LogP contribution < -0.4 is 14.8 Å². The highest BCUT2D eigenvalue weighted by atomic mass is 19.1. The molecule has 0 spiro atoms. The Labute approximate surface area is 190 Å². The van der Waals surface area contributed by atoms with E-state index in [1.54, 1.807) is 20.3 Å². The van der Waals surface area contributed by atoms with Crippen molar-refractivity contribution in [2.45, 2.75) is 58.7 Å². The van der Waals surface area contributed by atoms with E-state index in [-0.39, 0.29) is 29.7 Å². The molecule has 2 atom stereocenters. The summed E-state index contributed by atoms with van der Waals surface area (Å²) in [6, 6.07) is 10.7. The number of hydrogen-bond acceptors (Lipinski definition) is 4. The van der Waals surface area contributed by atoms with Crippen LogP contribution in [0.25, 0.3) is 0 Å². The molecule has 2 unspecified atom stereocenters. The van der Waals surface area contributed by atoms with E-state index < -0.39 is 0 Å². The Hall–Kier alpha value is -2.60. The van der Waals surface area contributed by atoms with Crippen LogP contribution in [-0.2, 0) is 17.8 Å². The molecule has 0 saturated heterocycles. The first kappa shape index (κ1) is 24.1. The highest BCUT2D eigenvalue weighted by Gasteiger charge is 2.35. The molecule has 5 nitrogen and oxygen atoms in total. The van der Waals surface area contributed by atoms with Crippen molar-refractivity contribution in [2.24, 2.45) is 5.92 Å². The number of hydrogen-bond donors (Lipinski definition) is 1. The van der Waals surface area contributed by atoms with Crippen molar-refractivity contribution >= 4 is 5.91 Å². The van der Waals surface area contributed by atoms with Crippen LogP contribution in [-0.4, -0.2) is 37.6 Å². The minimum Gasteiger partial charge on any atom is -0.493 e. The SMILES string of the molecule is CCC(NC(=O)CC(C)C)C1c2cc(OC)c(OC)cc2CCN1Cc1ccccc1F. The summed E-state index contributed by atoms with van der Waals surface area (Å²) in [7, 11) is 3.26. The Balaban J connectivity index is 2.02. The van der Waals surface area contributed by atoms with Crippen LogP contribution in [0.1, 0.15) is 56.3 Å². The van der Waals surface area contributed by atoms with Gasteiger partial charge in [-0.1, -0.05) is 39.0 Å². The first-order chi connectivity index (χ1) is 15.4. The maximum atomic E-state index is 14.5. The lowest BCUT2D eigenvalue weighted by atomic mass is 9.86. The molecular weight excluding hydrogens is 407 g/mol. The number of fused-ring (bicyclic) bond motifs is 1. The molecule has 1 N–H and O–H groups in total. The Morgan fingerprint density at radius 2 is 1.88 bits per heavy atom. The van der Waals surface area contributed by atoms with E-state index in [0.717, 1.165) is 24.9 Å². The van der Waals surface area contributed by atoms with Crippen LogP contribution in [0.15, 0.2) is 36.4 Å². The fraction of sp³-hybridized carbons (Fsp3) is 0.500. The quantitative estimate of drug-likeness (QED) is 0.601.